The van der Waals surface area contributed by atoms with Gasteiger partial charge in [-0.2, -0.15) is 0 Å². The first-order chi connectivity index (χ1) is 9.02. The Bertz CT molecular complexity index is 431. The van der Waals surface area contributed by atoms with Crippen molar-refractivity contribution in [2.75, 3.05) is 13.6 Å². The fraction of sp³-hybridized carbons (Fsp3) is 0.500. The van der Waals surface area contributed by atoms with Gasteiger partial charge in [-0.15, -0.1) is 0 Å². The summed E-state index contributed by atoms with van der Waals surface area (Å²) < 4.78 is 0. The molecule has 0 aliphatic heterocycles. The zero-order chi connectivity index (χ0) is 14.3. The maximum absolute atomic E-state index is 6.13. The van der Waals surface area contributed by atoms with Crippen LogP contribution in [-0.4, -0.2) is 25.6 Å². The Morgan fingerprint density at radius 3 is 2.63 bits per heavy atom. The first kappa shape index (κ1) is 16.1. The summed E-state index contributed by atoms with van der Waals surface area (Å²) in [6.07, 6.45) is 1.90. The summed E-state index contributed by atoms with van der Waals surface area (Å²) in [5.74, 6) is 0.831. The molecule has 0 saturated carbocycles. The summed E-state index contributed by atoms with van der Waals surface area (Å²) in [4.78, 5) is 4.15. The van der Waals surface area contributed by atoms with Gasteiger partial charge < -0.3 is 10.6 Å². The van der Waals surface area contributed by atoms with Crippen molar-refractivity contribution in [3.8, 4) is 0 Å². The number of nitrogens with one attached hydrogen (secondary N) is 2. The second-order valence-electron chi connectivity index (χ2n) is 4.64. The van der Waals surface area contributed by atoms with Crippen molar-refractivity contribution in [3.05, 3.63) is 33.8 Å². The normalized spacial score (nSPS) is 11.8. The fourth-order valence-corrected chi connectivity index (χ4v) is 2.18. The molecule has 0 amide bonds. The molecule has 0 spiro atoms. The van der Waals surface area contributed by atoms with E-state index in [9.17, 15) is 0 Å². The smallest absolute Gasteiger partial charge is 0.191 e. The van der Waals surface area contributed by atoms with E-state index < -0.39 is 0 Å². The molecule has 0 fully saturated rings. The van der Waals surface area contributed by atoms with E-state index in [1.165, 1.54) is 0 Å². The average Bonchev–Trinajstić information content (AvgIpc) is 2.34. The van der Waals surface area contributed by atoms with Crippen LogP contribution in [0.15, 0.2) is 23.2 Å². The minimum absolute atomic E-state index is 0.372. The number of nitrogens with zero attached hydrogens (tertiary/aromatic N) is 1. The van der Waals surface area contributed by atoms with E-state index in [0.29, 0.717) is 11.1 Å². The molecule has 106 valence electrons. The number of hydrogen-bond acceptors (Lipinski definition) is 1. The Labute approximate surface area is 125 Å². The number of aliphatic imine (C=N–C) groups is 1. The Morgan fingerprint density at radius 2 is 2.05 bits per heavy atom. The van der Waals surface area contributed by atoms with Gasteiger partial charge in [-0.05, 0) is 44.4 Å². The van der Waals surface area contributed by atoms with Gasteiger partial charge in [0.25, 0.3) is 0 Å². The minimum atomic E-state index is 0.372. The zero-order valence-electron chi connectivity index (χ0n) is 11.6. The summed E-state index contributed by atoms with van der Waals surface area (Å²) in [5, 5.41) is 7.92. The molecule has 0 radical (unpaired) electrons. The standard InChI is InChI=1S/C14H21Cl2N3/c1-10(2)19-14(17-3)18-8-4-5-11-6-7-12(15)9-13(11)16/h6-7,9-10H,4-5,8H2,1-3H3,(H2,17,18,19). The van der Waals surface area contributed by atoms with Gasteiger partial charge in [-0.25, -0.2) is 0 Å². The molecule has 0 bridgehead atoms. The highest BCUT2D eigenvalue weighted by molar-refractivity contribution is 6.35. The second-order valence-corrected chi connectivity index (χ2v) is 5.48. The van der Waals surface area contributed by atoms with Crippen molar-refractivity contribution >= 4 is 29.2 Å². The van der Waals surface area contributed by atoms with Crippen LogP contribution in [0.5, 0.6) is 0 Å². The molecule has 0 saturated heterocycles. The first-order valence-electron chi connectivity index (χ1n) is 6.44. The van der Waals surface area contributed by atoms with Crippen molar-refractivity contribution in [3.63, 3.8) is 0 Å². The van der Waals surface area contributed by atoms with Crippen LogP contribution in [0.3, 0.4) is 0 Å². The van der Waals surface area contributed by atoms with Crippen LogP contribution in [0.2, 0.25) is 10.0 Å². The maximum Gasteiger partial charge on any atom is 0.191 e. The molecule has 3 nitrogen and oxygen atoms in total. The second kappa shape index (κ2) is 8.28. The monoisotopic (exact) mass is 301 g/mol. The highest BCUT2D eigenvalue weighted by Crippen LogP contribution is 2.21. The van der Waals surface area contributed by atoms with E-state index >= 15 is 0 Å². The molecule has 1 rings (SSSR count). The summed E-state index contributed by atoms with van der Waals surface area (Å²) in [6.45, 7) is 5.02. The van der Waals surface area contributed by atoms with Crippen molar-refractivity contribution in [1.82, 2.24) is 10.6 Å². The molecule has 0 unspecified atom stereocenters. The lowest BCUT2D eigenvalue weighted by Gasteiger charge is -2.14. The van der Waals surface area contributed by atoms with Gasteiger partial charge in [-0.3, -0.25) is 4.99 Å². The first-order valence-corrected chi connectivity index (χ1v) is 7.19. The number of guanidine groups is 1. The summed E-state index contributed by atoms with van der Waals surface area (Å²) in [5.41, 5.74) is 1.12. The molecule has 1 aromatic rings. The van der Waals surface area contributed by atoms with E-state index in [1.54, 1.807) is 13.1 Å². The van der Waals surface area contributed by atoms with Crippen LogP contribution in [0, 0.1) is 0 Å². The highest BCUT2D eigenvalue weighted by Gasteiger charge is 2.02. The molecule has 0 atom stereocenters. The van der Waals surface area contributed by atoms with Gasteiger partial charge in [0, 0.05) is 29.7 Å². The van der Waals surface area contributed by atoms with Gasteiger partial charge in [0.15, 0.2) is 5.96 Å². The molecular formula is C14H21Cl2N3. The summed E-state index contributed by atoms with van der Waals surface area (Å²) >= 11 is 12.0. The molecule has 2 N–H and O–H groups in total. The van der Waals surface area contributed by atoms with Gasteiger partial charge in [0.1, 0.15) is 0 Å². The Balaban J connectivity index is 2.34. The Morgan fingerprint density at radius 1 is 1.32 bits per heavy atom. The number of benzene rings is 1. The minimum Gasteiger partial charge on any atom is -0.356 e. The number of aryl methyl sites for hydroxylation is 1. The van der Waals surface area contributed by atoms with Crippen molar-refractivity contribution in [2.24, 2.45) is 4.99 Å². The molecule has 1 aromatic carbocycles. The van der Waals surface area contributed by atoms with Crippen molar-refractivity contribution < 1.29 is 0 Å². The van der Waals surface area contributed by atoms with Gasteiger partial charge in [0.05, 0.1) is 0 Å². The van der Waals surface area contributed by atoms with E-state index in [4.69, 9.17) is 23.2 Å². The third kappa shape index (κ3) is 6.17. The van der Waals surface area contributed by atoms with Gasteiger partial charge in [-0.1, -0.05) is 29.3 Å². The SMILES string of the molecule is CN=C(NCCCc1ccc(Cl)cc1Cl)NC(C)C. The van der Waals surface area contributed by atoms with Crippen LogP contribution < -0.4 is 10.6 Å². The third-order valence-electron chi connectivity index (χ3n) is 2.58. The molecule has 0 heterocycles. The summed E-state index contributed by atoms with van der Waals surface area (Å²) in [7, 11) is 1.77. The summed E-state index contributed by atoms with van der Waals surface area (Å²) in [6, 6.07) is 6.00. The Kier molecular flexibility index (Phi) is 7.03. The molecule has 0 aliphatic carbocycles. The lowest BCUT2D eigenvalue weighted by atomic mass is 10.1. The molecule has 5 heteroatoms. The molecule has 0 aromatic heterocycles. The van der Waals surface area contributed by atoms with Crippen molar-refractivity contribution in [2.45, 2.75) is 32.7 Å². The fourth-order valence-electron chi connectivity index (χ4n) is 1.68. The quantitative estimate of drug-likeness (QED) is 0.496. The van der Waals surface area contributed by atoms with Crippen LogP contribution in [0.1, 0.15) is 25.8 Å². The molecule has 19 heavy (non-hydrogen) atoms. The lowest BCUT2D eigenvalue weighted by molar-refractivity contribution is 0.685. The van der Waals surface area contributed by atoms with E-state index in [2.05, 4.69) is 29.5 Å². The van der Waals surface area contributed by atoms with Gasteiger partial charge >= 0.3 is 0 Å². The zero-order valence-corrected chi connectivity index (χ0v) is 13.1. The lowest BCUT2D eigenvalue weighted by Crippen LogP contribution is -2.41. The van der Waals surface area contributed by atoms with Crippen LogP contribution in [-0.2, 0) is 6.42 Å². The van der Waals surface area contributed by atoms with E-state index in [1.807, 2.05) is 12.1 Å². The predicted molar refractivity (Wildman–Crippen MR) is 84.4 cm³/mol. The van der Waals surface area contributed by atoms with Gasteiger partial charge in [0.2, 0.25) is 0 Å². The maximum atomic E-state index is 6.13. The van der Waals surface area contributed by atoms with E-state index in [0.717, 1.165) is 35.9 Å². The van der Waals surface area contributed by atoms with Crippen LogP contribution in [0.25, 0.3) is 0 Å². The van der Waals surface area contributed by atoms with Crippen LogP contribution in [0.4, 0.5) is 0 Å². The third-order valence-corrected chi connectivity index (χ3v) is 3.17. The Hall–Kier alpha value is -0.930. The molecule has 0 aliphatic rings. The largest absolute Gasteiger partial charge is 0.356 e. The van der Waals surface area contributed by atoms with Crippen LogP contribution >= 0.6 is 23.2 Å². The van der Waals surface area contributed by atoms with E-state index in [-0.39, 0.29) is 0 Å². The van der Waals surface area contributed by atoms with Crippen molar-refractivity contribution in [1.29, 1.82) is 0 Å². The number of halogens is 2. The number of rotatable bonds is 5. The number of hydrogen-bond donors (Lipinski definition) is 2. The average molecular weight is 302 g/mol. The molecular weight excluding hydrogens is 281 g/mol. The topological polar surface area (TPSA) is 36.4 Å². The highest BCUT2D eigenvalue weighted by atomic mass is 35.5. The predicted octanol–water partition coefficient (Wildman–Crippen LogP) is 3.50.